The van der Waals surface area contributed by atoms with Gasteiger partial charge in [0.05, 0.1) is 22.8 Å². The van der Waals surface area contributed by atoms with Crippen LogP contribution in [0.15, 0.2) is 18.2 Å². The van der Waals surface area contributed by atoms with Gasteiger partial charge in [0.2, 0.25) is 11.8 Å². The molecule has 8 heteroatoms. The third kappa shape index (κ3) is 5.19. The summed E-state index contributed by atoms with van der Waals surface area (Å²) in [5.74, 6) is -0.642. The molecule has 0 atom stereocenters. The van der Waals surface area contributed by atoms with Crippen LogP contribution in [0, 0.1) is 10.1 Å². The van der Waals surface area contributed by atoms with Crippen molar-refractivity contribution in [3.05, 3.63) is 28.3 Å². The zero-order valence-corrected chi connectivity index (χ0v) is 12.2. The third-order valence-electron chi connectivity index (χ3n) is 2.75. The first-order chi connectivity index (χ1) is 9.83. The molecule has 0 saturated heterocycles. The van der Waals surface area contributed by atoms with E-state index in [0.717, 1.165) is 0 Å². The van der Waals surface area contributed by atoms with E-state index in [0.29, 0.717) is 12.2 Å². The number of hydrogen-bond donors (Lipinski definition) is 2. The highest BCUT2D eigenvalue weighted by Gasteiger charge is 2.14. The topological polar surface area (TPSA) is 105 Å². The summed E-state index contributed by atoms with van der Waals surface area (Å²) in [4.78, 5) is 35.0. The molecule has 8 nitrogen and oxygen atoms in total. The Bertz CT molecular complexity index is 559. The van der Waals surface area contributed by atoms with Gasteiger partial charge < -0.3 is 10.6 Å². The first kappa shape index (κ1) is 16.6. The van der Waals surface area contributed by atoms with E-state index in [1.54, 1.807) is 11.9 Å². The van der Waals surface area contributed by atoms with Gasteiger partial charge in [0.25, 0.3) is 5.69 Å². The Balaban J connectivity index is 2.96. The molecule has 2 amide bonds. The quantitative estimate of drug-likeness (QED) is 0.610. The van der Waals surface area contributed by atoms with Gasteiger partial charge in [-0.05, 0) is 19.7 Å². The molecule has 0 bridgehead atoms. The lowest BCUT2D eigenvalue weighted by Crippen LogP contribution is -2.30. The maximum Gasteiger partial charge on any atom is 0.271 e. The van der Waals surface area contributed by atoms with Gasteiger partial charge in [-0.3, -0.25) is 24.6 Å². The highest BCUT2D eigenvalue weighted by atomic mass is 16.6. The summed E-state index contributed by atoms with van der Waals surface area (Å²) in [6, 6.07) is 3.87. The summed E-state index contributed by atoms with van der Waals surface area (Å²) >= 11 is 0. The van der Waals surface area contributed by atoms with E-state index >= 15 is 0 Å². The van der Waals surface area contributed by atoms with Crippen molar-refractivity contribution >= 4 is 28.9 Å². The second kappa shape index (κ2) is 7.34. The van der Waals surface area contributed by atoms with Crippen LogP contribution in [0.25, 0.3) is 0 Å². The summed E-state index contributed by atoms with van der Waals surface area (Å²) in [6.07, 6.45) is 0. The molecule has 2 N–H and O–H groups in total. The van der Waals surface area contributed by atoms with Gasteiger partial charge in [-0.1, -0.05) is 6.92 Å². The number of nitro benzene ring substituents is 1. The average molecular weight is 294 g/mol. The van der Waals surface area contributed by atoms with Crippen molar-refractivity contribution in [2.75, 3.05) is 30.8 Å². The summed E-state index contributed by atoms with van der Waals surface area (Å²) in [5.41, 5.74) is 0.358. The molecule has 0 spiro atoms. The smallest absolute Gasteiger partial charge is 0.271 e. The van der Waals surface area contributed by atoms with Crippen LogP contribution in [-0.4, -0.2) is 41.8 Å². The van der Waals surface area contributed by atoms with Gasteiger partial charge in [-0.25, -0.2) is 0 Å². The minimum Gasteiger partial charge on any atom is -0.324 e. The number of rotatable bonds is 6. The van der Waals surface area contributed by atoms with Gasteiger partial charge >= 0.3 is 0 Å². The minimum atomic E-state index is -0.568. The molecule has 21 heavy (non-hydrogen) atoms. The SMILES string of the molecule is CCN(C)CC(=O)Nc1ccc([N+](=O)[O-])cc1NC(C)=O. The maximum atomic E-state index is 11.8. The molecule has 0 heterocycles. The molecular weight excluding hydrogens is 276 g/mol. The standard InChI is InChI=1S/C13H18N4O4/c1-4-16(3)8-13(19)15-11-6-5-10(17(20)21)7-12(11)14-9(2)18/h5-7H,4,8H2,1-3H3,(H,14,18)(H,15,19). The molecule has 1 aromatic rings. The molecule has 1 rings (SSSR count). The predicted octanol–water partition coefficient (Wildman–Crippen LogP) is 1.44. The number of nitro groups is 1. The van der Waals surface area contributed by atoms with E-state index < -0.39 is 4.92 Å². The van der Waals surface area contributed by atoms with Crippen molar-refractivity contribution in [3.63, 3.8) is 0 Å². The summed E-state index contributed by atoms with van der Waals surface area (Å²) in [6.45, 7) is 4.11. The first-order valence-electron chi connectivity index (χ1n) is 6.38. The molecule has 0 aromatic heterocycles. The van der Waals surface area contributed by atoms with Gasteiger partial charge in [-0.2, -0.15) is 0 Å². The molecule has 0 aliphatic heterocycles. The highest BCUT2D eigenvalue weighted by Crippen LogP contribution is 2.27. The Morgan fingerprint density at radius 2 is 1.95 bits per heavy atom. The Hall–Kier alpha value is -2.48. The fraction of sp³-hybridized carbons (Fsp3) is 0.385. The van der Waals surface area contributed by atoms with E-state index in [1.807, 2.05) is 6.92 Å². The van der Waals surface area contributed by atoms with Crippen LogP contribution in [0.2, 0.25) is 0 Å². The molecule has 0 aliphatic carbocycles. The monoisotopic (exact) mass is 294 g/mol. The Morgan fingerprint density at radius 3 is 2.48 bits per heavy atom. The zero-order valence-electron chi connectivity index (χ0n) is 12.2. The highest BCUT2D eigenvalue weighted by molar-refractivity contribution is 6.00. The Morgan fingerprint density at radius 1 is 1.29 bits per heavy atom. The normalized spacial score (nSPS) is 10.3. The zero-order chi connectivity index (χ0) is 16.0. The van der Waals surface area contributed by atoms with Crippen LogP contribution >= 0.6 is 0 Å². The van der Waals surface area contributed by atoms with Crippen LogP contribution in [0.1, 0.15) is 13.8 Å². The third-order valence-corrected chi connectivity index (χ3v) is 2.75. The molecule has 0 unspecified atom stereocenters. The molecule has 114 valence electrons. The number of carbonyl (C=O) groups is 2. The number of nitrogens with one attached hydrogen (secondary N) is 2. The lowest BCUT2D eigenvalue weighted by Gasteiger charge is -2.15. The van der Waals surface area contributed by atoms with Crippen molar-refractivity contribution in [2.24, 2.45) is 0 Å². The van der Waals surface area contributed by atoms with Crippen molar-refractivity contribution in [1.29, 1.82) is 0 Å². The Labute approximate surface area is 122 Å². The molecule has 0 radical (unpaired) electrons. The molecule has 0 fully saturated rings. The number of amides is 2. The second-order valence-electron chi connectivity index (χ2n) is 4.55. The molecule has 0 saturated carbocycles. The van der Waals surface area contributed by atoms with Crippen LogP contribution in [-0.2, 0) is 9.59 Å². The number of hydrogen-bond acceptors (Lipinski definition) is 5. The number of benzene rings is 1. The fourth-order valence-electron chi connectivity index (χ4n) is 1.59. The minimum absolute atomic E-state index is 0.164. The number of carbonyl (C=O) groups excluding carboxylic acids is 2. The Kier molecular flexibility index (Phi) is 5.79. The summed E-state index contributed by atoms with van der Waals surface area (Å²) in [7, 11) is 1.80. The van der Waals surface area contributed by atoms with E-state index in [-0.39, 0.29) is 29.7 Å². The largest absolute Gasteiger partial charge is 0.324 e. The van der Waals surface area contributed by atoms with Crippen LogP contribution in [0.4, 0.5) is 17.1 Å². The van der Waals surface area contributed by atoms with E-state index in [2.05, 4.69) is 10.6 Å². The van der Waals surface area contributed by atoms with E-state index in [1.165, 1.54) is 25.1 Å². The van der Waals surface area contributed by atoms with Crippen molar-refractivity contribution < 1.29 is 14.5 Å². The van der Waals surface area contributed by atoms with E-state index in [4.69, 9.17) is 0 Å². The average Bonchev–Trinajstić information content (AvgIpc) is 2.39. The number of anilines is 2. The summed E-state index contributed by atoms with van der Waals surface area (Å²) < 4.78 is 0. The number of non-ortho nitro benzene ring substituents is 1. The van der Waals surface area contributed by atoms with Crippen molar-refractivity contribution in [2.45, 2.75) is 13.8 Å². The maximum absolute atomic E-state index is 11.8. The fourth-order valence-corrected chi connectivity index (χ4v) is 1.59. The molecule has 1 aromatic carbocycles. The summed E-state index contributed by atoms with van der Waals surface area (Å²) in [5, 5.41) is 15.9. The lowest BCUT2D eigenvalue weighted by molar-refractivity contribution is -0.384. The van der Waals surface area contributed by atoms with Crippen LogP contribution in [0.3, 0.4) is 0 Å². The number of likely N-dealkylation sites (N-methyl/N-ethyl adjacent to an activating group) is 1. The lowest BCUT2D eigenvalue weighted by atomic mass is 10.2. The first-order valence-corrected chi connectivity index (χ1v) is 6.38. The van der Waals surface area contributed by atoms with Gasteiger partial charge in [0.15, 0.2) is 0 Å². The van der Waals surface area contributed by atoms with E-state index in [9.17, 15) is 19.7 Å². The van der Waals surface area contributed by atoms with Gasteiger partial charge in [0, 0.05) is 19.1 Å². The van der Waals surface area contributed by atoms with Gasteiger partial charge in [0.1, 0.15) is 0 Å². The second-order valence-corrected chi connectivity index (χ2v) is 4.55. The van der Waals surface area contributed by atoms with Gasteiger partial charge in [-0.15, -0.1) is 0 Å². The predicted molar refractivity (Wildman–Crippen MR) is 79.2 cm³/mol. The van der Waals surface area contributed by atoms with Crippen molar-refractivity contribution in [3.8, 4) is 0 Å². The molecular formula is C13H18N4O4. The van der Waals surface area contributed by atoms with Crippen molar-refractivity contribution in [1.82, 2.24) is 4.90 Å². The molecule has 0 aliphatic rings. The van der Waals surface area contributed by atoms with Crippen LogP contribution < -0.4 is 10.6 Å². The number of nitrogens with zero attached hydrogens (tertiary/aromatic N) is 2. The van der Waals surface area contributed by atoms with Crippen LogP contribution in [0.5, 0.6) is 0 Å².